The number of nitrogens with one attached hydrogen (secondary N) is 1. The molecule has 1 aliphatic heterocycles. The molecule has 0 spiro atoms. The Morgan fingerprint density at radius 3 is 2.34 bits per heavy atom. The van der Waals surface area contributed by atoms with Crippen molar-refractivity contribution in [2.45, 2.75) is 12.3 Å². The molecule has 3 aromatic rings. The van der Waals surface area contributed by atoms with Crippen LogP contribution in [0.2, 0.25) is 0 Å². The van der Waals surface area contributed by atoms with E-state index in [9.17, 15) is 9.18 Å². The number of nitrogens with zero attached hydrogens (tertiary/aromatic N) is 2. The SMILES string of the molecule is COc1cc(OC)c([C@H]2CC(=O)Nc3c2ncn3-c2ccc(F)cc2)cc1OC. The van der Waals surface area contributed by atoms with E-state index in [-0.39, 0.29) is 24.1 Å². The number of carbonyl (C=O) groups is 1. The fourth-order valence-corrected chi connectivity index (χ4v) is 3.59. The summed E-state index contributed by atoms with van der Waals surface area (Å²) in [5.41, 5.74) is 2.16. The maximum absolute atomic E-state index is 13.3. The van der Waals surface area contributed by atoms with Gasteiger partial charge in [0.1, 0.15) is 23.7 Å². The normalized spacial score (nSPS) is 15.4. The molecule has 0 radical (unpaired) electrons. The molecule has 4 rings (SSSR count). The number of imidazole rings is 1. The Balaban J connectivity index is 1.84. The number of anilines is 1. The van der Waals surface area contributed by atoms with Gasteiger partial charge in [0.15, 0.2) is 11.5 Å². The van der Waals surface area contributed by atoms with Crippen LogP contribution in [0, 0.1) is 5.82 Å². The number of hydrogen-bond acceptors (Lipinski definition) is 5. The molecule has 2 heterocycles. The van der Waals surface area contributed by atoms with Gasteiger partial charge in [0, 0.05) is 29.7 Å². The molecule has 0 bridgehead atoms. The van der Waals surface area contributed by atoms with Crippen LogP contribution in [0.4, 0.5) is 10.2 Å². The summed E-state index contributed by atoms with van der Waals surface area (Å²) in [5.74, 6) is 1.37. The number of hydrogen-bond donors (Lipinski definition) is 1. The number of amides is 1. The number of fused-ring (bicyclic) bond motifs is 1. The smallest absolute Gasteiger partial charge is 0.226 e. The van der Waals surface area contributed by atoms with Crippen LogP contribution < -0.4 is 19.5 Å². The largest absolute Gasteiger partial charge is 0.496 e. The first kappa shape index (κ1) is 18.8. The van der Waals surface area contributed by atoms with E-state index in [2.05, 4.69) is 10.3 Å². The van der Waals surface area contributed by atoms with Crippen LogP contribution in [0.1, 0.15) is 23.6 Å². The average molecular weight is 397 g/mol. The second-order valence-corrected chi connectivity index (χ2v) is 6.58. The van der Waals surface area contributed by atoms with Gasteiger partial charge >= 0.3 is 0 Å². The summed E-state index contributed by atoms with van der Waals surface area (Å²) >= 11 is 0. The lowest BCUT2D eigenvalue weighted by atomic mass is 9.88. The van der Waals surface area contributed by atoms with Gasteiger partial charge in [-0.3, -0.25) is 9.36 Å². The molecule has 29 heavy (non-hydrogen) atoms. The first-order valence-electron chi connectivity index (χ1n) is 8.98. The van der Waals surface area contributed by atoms with Gasteiger partial charge in [0.2, 0.25) is 5.91 Å². The van der Waals surface area contributed by atoms with Crippen molar-refractivity contribution in [2.24, 2.45) is 0 Å². The Bertz CT molecular complexity index is 1060. The molecule has 0 aliphatic carbocycles. The lowest BCUT2D eigenvalue weighted by Gasteiger charge is -2.25. The summed E-state index contributed by atoms with van der Waals surface area (Å²) in [4.78, 5) is 17.1. The third kappa shape index (κ3) is 3.26. The zero-order valence-corrected chi connectivity index (χ0v) is 16.2. The quantitative estimate of drug-likeness (QED) is 0.713. The fraction of sp³-hybridized carbons (Fsp3) is 0.238. The highest BCUT2D eigenvalue weighted by atomic mass is 19.1. The molecule has 0 saturated carbocycles. The summed E-state index contributed by atoms with van der Waals surface area (Å²) in [5, 5.41) is 2.88. The molecule has 1 amide bonds. The average Bonchev–Trinajstić information content (AvgIpc) is 3.16. The molecule has 0 saturated heterocycles. The van der Waals surface area contributed by atoms with Gasteiger partial charge in [-0.05, 0) is 30.3 Å². The summed E-state index contributed by atoms with van der Waals surface area (Å²) in [6.45, 7) is 0. The Morgan fingerprint density at radius 1 is 1.03 bits per heavy atom. The monoisotopic (exact) mass is 397 g/mol. The molecular weight excluding hydrogens is 377 g/mol. The number of ether oxygens (including phenoxy) is 3. The topological polar surface area (TPSA) is 74.6 Å². The third-order valence-electron chi connectivity index (χ3n) is 4.99. The highest BCUT2D eigenvalue weighted by molar-refractivity contribution is 5.94. The lowest BCUT2D eigenvalue weighted by molar-refractivity contribution is -0.116. The first-order valence-corrected chi connectivity index (χ1v) is 8.98. The second-order valence-electron chi connectivity index (χ2n) is 6.58. The van der Waals surface area contributed by atoms with Crippen LogP contribution in [-0.4, -0.2) is 36.8 Å². The van der Waals surface area contributed by atoms with Crippen LogP contribution in [0.25, 0.3) is 5.69 Å². The van der Waals surface area contributed by atoms with Crippen molar-refractivity contribution >= 4 is 11.7 Å². The van der Waals surface area contributed by atoms with E-state index < -0.39 is 0 Å². The maximum atomic E-state index is 13.3. The minimum absolute atomic E-state index is 0.150. The summed E-state index contributed by atoms with van der Waals surface area (Å²) < 4.78 is 31.4. The second kappa shape index (κ2) is 7.46. The Kier molecular flexibility index (Phi) is 4.84. The van der Waals surface area contributed by atoms with E-state index >= 15 is 0 Å². The Morgan fingerprint density at radius 2 is 1.69 bits per heavy atom. The molecule has 0 unspecified atom stereocenters. The third-order valence-corrected chi connectivity index (χ3v) is 4.99. The van der Waals surface area contributed by atoms with Crippen LogP contribution in [0.3, 0.4) is 0 Å². The van der Waals surface area contributed by atoms with Gasteiger partial charge in [0.05, 0.1) is 27.0 Å². The minimum atomic E-state index is -0.338. The lowest BCUT2D eigenvalue weighted by Crippen LogP contribution is -2.25. The van der Waals surface area contributed by atoms with Crippen LogP contribution in [-0.2, 0) is 4.79 Å². The van der Waals surface area contributed by atoms with Crippen molar-refractivity contribution in [2.75, 3.05) is 26.6 Å². The minimum Gasteiger partial charge on any atom is -0.496 e. The van der Waals surface area contributed by atoms with Crippen molar-refractivity contribution in [3.8, 4) is 22.9 Å². The van der Waals surface area contributed by atoms with E-state index in [1.807, 2.05) is 6.07 Å². The number of methoxy groups -OCH3 is 3. The maximum Gasteiger partial charge on any atom is 0.226 e. The number of halogens is 1. The molecule has 1 atom stereocenters. The summed E-state index contributed by atoms with van der Waals surface area (Å²) in [6, 6.07) is 9.52. The number of rotatable bonds is 5. The molecular formula is C21H20FN3O4. The zero-order chi connectivity index (χ0) is 20.5. The van der Waals surface area contributed by atoms with E-state index in [0.717, 1.165) is 5.56 Å². The van der Waals surface area contributed by atoms with Gasteiger partial charge in [-0.1, -0.05) is 0 Å². The molecule has 7 nitrogen and oxygen atoms in total. The first-order chi connectivity index (χ1) is 14.0. The molecule has 8 heteroatoms. The van der Waals surface area contributed by atoms with Gasteiger partial charge < -0.3 is 19.5 Å². The summed E-state index contributed by atoms with van der Waals surface area (Å²) in [6.07, 6.45) is 1.82. The van der Waals surface area contributed by atoms with Crippen LogP contribution in [0.5, 0.6) is 17.2 Å². The fourth-order valence-electron chi connectivity index (χ4n) is 3.59. The standard InChI is InChI=1S/C21H20FN3O4/c1-27-16-10-18(29-3)17(28-2)8-14(16)15-9-19(26)24-21-20(15)23-11-25(21)13-6-4-12(22)5-7-13/h4-8,10-11,15H,9H2,1-3H3,(H,24,26)/t15-/m1/s1. The predicted molar refractivity (Wildman–Crippen MR) is 105 cm³/mol. The molecule has 1 aliphatic rings. The highest BCUT2D eigenvalue weighted by Gasteiger charge is 2.33. The van der Waals surface area contributed by atoms with Crippen molar-refractivity contribution < 1.29 is 23.4 Å². The van der Waals surface area contributed by atoms with Crippen molar-refractivity contribution in [1.82, 2.24) is 9.55 Å². The van der Waals surface area contributed by atoms with Gasteiger partial charge in [-0.2, -0.15) is 0 Å². The predicted octanol–water partition coefficient (Wildman–Crippen LogP) is 3.51. The van der Waals surface area contributed by atoms with E-state index in [1.54, 1.807) is 50.4 Å². The highest BCUT2D eigenvalue weighted by Crippen LogP contribution is 2.44. The number of benzene rings is 2. The molecule has 1 N–H and O–H groups in total. The number of carbonyl (C=O) groups excluding carboxylic acids is 1. The van der Waals surface area contributed by atoms with E-state index in [0.29, 0.717) is 34.4 Å². The van der Waals surface area contributed by atoms with Crippen molar-refractivity contribution in [1.29, 1.82) is 0 Å². The zero-order valence-electron chi connectivity index (χ0n) is 16.2. The van der Waals surface area contributed by atoms with Crippen LogP contribution in [0.15, 0.2) is 42.7 Å². The number of aromatic nitrogens is 2. The molecule has 150 valence electrons. The van der Waals surface area contributed by atoms with Gasteiger partial charge in [0.25, 0.3) is 0 Å². The van der Waals surface area contributed by atoms with Gasteiger partial charge in [-0.25, -0.2) is 9.37 Å². The van der Waals surface area contributed by atoms with E-state index in [1.165, 1.54) is 12.1 Å². The Hall–Kier alpha value is -3.55. The molecule has 2 aromatic carbocycles. The molecule has 0 fully saturated rings. The van der Waals surface area contributed by atoms with Crippen molar-refractivity contribution in [3.63, 3.8) is 0 Å². The van der Waals surface area contributed by atoms with Crippen LogP contribution >= 0.6 is 0 Å². The molecule has 1 aromatic heterocycles. The van der Waals surface area contributed by atoms with Crippen molar-refractivity contribution in [3.05, 3.63) is 59.8 Å². The van der Waals surface area contributed by atoms with Gasteiger partial charge in [-0.15, -0.1) is 0 Å². The van der Waals surface area contributed by atoms with E-state index in [4.69, 9.17) is 14.2 Å². The summed E-state index contributed by atoms with van der Waals surface area (Å²) in [7, 11) is 4.66. The Labute approximate surface area is 167 Å².